The molecule has 0 aliphatic carbocycles. The molecule has 1 aliphatic heterocycles. The van der Waals surface area contributed by atoms with Crippen molar-refractivity contribution in [1.82, 2.24) is 0 Å². The van der Waals surface area contributed by atoms with Crippen LogP contribution in [0.1, 0.15) is 12.0 Å². The van der Waals surface area contributed by atoms with Crippen molar-refractivity contribution < 1.29 is 18.7 Å². The Balaban J connectivity index is 2.58. The lowest BCUT2D eigenvalue weighted by atomic mass is 10.0. The van der Waals surface area contributed by atoms with Gasteiger partial charge < -0.3 is 9.94 Å². The molecular formula is C9H7F2NO2. The first kappa shape index (κ1) is 8.93. The van der Waals surface area contributed by atoms with Crippen molar-refractivity contribution in [2.24, 2.45) is 5.16 Å². The molecule has 0 aromatic heterocycles. The van der Waals surface area contributed by atoms with Crippen molar-refractivity contribution in [3.8, 4) is 5.75 Å². The van der Waals surface area contributed by atoms with Gasteiger partial charge in [-0.05, 0) is 6.07 Å². The van der Waals surface area contributed by atoms with Crippen LogP contribution in [0.4, 0.5) is 8.78 Å². The Morgan fingerprint density at radius 3 is 2.71 bits per heavy atom. The lowest BCUT2D eigenvalue weighted by molar-refractivity contribution is 0.296. The Bertz CT molecular complexity index is 404. The van der Waals surface area contributed by atoms with Crippen LogP contribution in [0, 0.1) is 11.6 Å². The predicted molar refractivity (Wildman–Crippen MR) is 44.8 cm³/mol. The summed E-state index contributed by atoms with van der Waals surface area (Å²) in [6.45, 7) is 0.303. The summed E-state index contributed by atoms with van der Waals surface area (Å²) in [5, 5.41) is 11.6. The molecule has 0 saturated carbocycles. The van der Waals surface area contributed by atoms with Crippen molar-refractivity contribution in [2.45, 2.75) is 6.42 Å². The normalized spacial score (nSPS) is 17.7. The van der Waals surface area contributed by atoms with Gasteiger partial charge in [0.15, 0.2) is 11.6 Å². The van der Waals surface area contributed by atoms with Crippen LogP contribution >= 0.6 is 0 Å². The number of hydrogen-bond acceptors (Lipinski definition) is 3. The summed E-state index contributed by atoms with van der Waals surface area (Å²) in [6.07, 6.45) is 0.384. The minimum absolute atomic E-state index is 0.211. The van der Waals surface area contributed by atoms with Gasteiger partial charge in [-0.1, -0.05) is 5.16 Å². The van der Waals surface area contributed by atoms with E-state index in [1.807, 2.05) is 0 Å². The highest BCUT2D eigenvalue weighted by molar-refractivity contribution is 6.03. The number of hydrogen-bond donors (Lipinski definition) is 1. The van der Waals surface area contributed by atoms with Crippen molar-refractivity contribution in [1.29, 1.82) is 0 Å². The lowest BCUT2D eigenvalue weighted by Gasteiger charge is -2.17. The van der Waals surface area contributed by atoms with Crippen LogP contribution in [-0.4, -0.2) is 17.5 Å². The molecule has 0 radical (unpaired) electrons. The highest BCUT2D eigenvalue weighted by Gasteiger charge is 2.20. The Morgan fingerprint density at radius 1 is 1.29 bits per heavy atom. The molecule has 0 saturated heterocycles. The molecule has 0 bridgehead atoms. The summed E-state index contributed by atoms with van der Waals surface area (Å²) < 4.78 is 30.7. The SMILES string of the molecule is O/N=C1\CCOc2cc(F)c(F)cc21. The molecule has 5 heteroatoms. The molecule has 0 fully saturated rings. The number of ether oxygens (including phenoxy) is 1. The summed E-state index contributed by atoms with van der Waals surface area (Å²) in [5.74, 6) is -1.73. The van der Waals surface area contributed by atoms with Crippen LogP contribution in [0.2, 0.25) is 0 Å². The van der Waals surface area contributed by atoms with E-state index in [0.29, 0.717) is 24.3 Å². The molecule has 1 heterocycles. The van der Waals surface area contributed by atoms with Crippen LogP contribution < -0.4 is 4.74 Å². The third-order valence-electron chi connectivity index (χ3n) is 2.05. The molecule has 0 amide bonds. The second-order valence-electron chi connectivity index (χ2n) is 2.91. The molecule has 3 nitrogen and oxygen atoms in total. The van der Waals surface area contributed by atoms with E-state index in [1.54, 1.807) is 0 Å². The molecule has 0 atom stereocenters. The van der Waals surface area contributed by atoms with E-state index in [9.17, 15) is 8.78 Å². The van der Waals surface area contributed by atoms with Crippen LogP contribution in [-0.2, 0) is 0 Å². The highest BCUT2D eigenvalue weighted by atomic mass is 19.2. The summed E-state index contributed by atoms with van der Waals surface area (Å²) in [6, 6.07) is 1.92. The standard InChI is InChI=1S/C9H7F2NO2/c10-6-3-5-8(12-13)1-2-14-9(5)4-7(6)11/h3-4,13H,1-2H2/b12-8+. The van der Waals surface area contributed by atoms with Crippen molar-refractivity contribution >= 4 is 5.71 Å². The number of halogens is 2. The van der Waals surface area contributed by atoms with E-state index in [0.717, 1.165) is 12.1 Å². The van der Waals surface area contributed by atoms with Crippen molar-refractivity contribution in [3.63, 3.8) is 0 Å². The average molecular weight is 199 g/mol. The first-order chi connectivity index (χ1) is 6.72. The smallest absolute Gasteiger partial charge is 0.162 e. The van der Waals surface area contributed by atoms with E-state index in [2.05, 4.69) is 5.16 Å². The number of oxime groups is 1. The number of nitrogens with zero attached hydrogens (tertiary/aromatic N) is 1. The van der Waals surface area contributed by atoms with E-state index in [4.69, 9.17) is 9.94 Å². The van der Waals surface area contributed by atoms with Gasteiger partial charge in [-0.25, -0.2) is 8.78 Å². The molecule has 1 aromatic carbocycles. The van der Waals surface area contributed by atoms with Crippen LogP contribution in [0.3, 0.4) is 0 Å². The molecule has 0 spiro atoms. The summed E-state index contributed by atoms with van der Waals surface area (Å²) in [7, 11) is 0. The second kappa shape index (κ2) is 3.25. The van der Waals surface area contributed by atoms with Crippen molar-refractivity contribution in [2.75, 3.05) is 6.61 Å². The summed E-state index contributed by atoms with van der Waals surface area (Å²) in [4.78, 5) is 0. The third-order valence-corrected chi connectivity index (χ3v) is 2.05. The molecule has 14 heavy (non-hydrogen) atoms. The quantitative estimate of drug-likeness (QED) is 0.512. The monoisotopic (exact) mass is 199 g/mol. The zero-order chi connectivity index (χ0) is 10.1. The van der Waals surface area contributed by atoms with Crippen LogP contribution in [0.5, 0.6) is 5.75 Å². The Kier molecular flexibility index (Phi) is 2.07. The van der Waals surface area contributed by atoms with E-state index in [-0.39, 0.29) is 5.75 Å². The van der Waals surface area contributed by atoms with Gasteiger partial charge in [-0.3, -0.25) is 0 Å². The minimum atomic E-state index is -0.976. The Labute approximate surface area is 78.6 Å². The molecule has 2 rings (SSSR count). The van der Waals surface area contributed by atoms with E-state index >= 15 is 0 Å². The maximum absolute atomic E-state index is 12.8. The van der Waals surface area contributed by atoms with Gasteiger partial charge in [-0.2, -0.15) is 0 Å². The number of fused-ring (bicyclic) bond motifs is 1. The zero-order valence-corrected chi connectivity index (χ0v) is 7.13. The molecular weight excluding hydrogens is 192 g/mol. The van der Waals surface area contributed by atoms with E-state index < -0.39 is 11.6 Å². The summed E-state index contributed by atoms with van der Waals surface area (Å²) in [5.41, 5.74) is 0.614. The molecule has 74 valence electrons. The van der Waals surface area contributed by atoms with Gasteiger partial charge in [0, 0.05) is 18.1 Å². The van der Waals surface area contributed by atoms with Gasteiger partial charge in [0.1, 0.15) is 5.75 Å². The molecule has 0 unspecified atom stereocenters. The molecule has 1 N–H and O–H groups in total. The van der Waals surface area contributed by atoms with Gasteiger partial charge in [-0.15, -0.1) is 0 Å². The van der Waals surface area contributed by atoms with Crippen LogP contribution in [0.15, 0.2) is 17.3 Å². The first-order valence-corrected chi connectivity index (χ1v) is 4.05. The third kappa shape index (κ3) is 1.30. The van der Waals surface area contributed by atoms with Gasteiger partial charge in [0.25, 0.3) is 0 Å². The second-order valence-corrected chi connectivity index (χ2v) is 2.91. The lowest BCUT2D eigenvalue weighted by Crippen LogP contribution is -2.17. The van der Waals surface area contributed by atoms with E-state index in [1.165, 1.54) is 0 Å². The predicted octanol–water partition coefficient (Wildman–Crippen LogP) is 1.93. The van der Waals surface area contributed by atoms with Gasteiger partial charge in [0.2, 0.25) is 0 Å². The Hall–Kier alpha value is -1.65. The number of benzene rings is 1. The first-order valence-electron chi connectivity index (χ1n) is 4.05. The fraction of sp³-hybridized carbons (Fsp3) is 0.222. The van der Waals surface area contributed by atoms with Crippen molar-refractivity contribution in [3.05, 3.63) is 29.3 Å². The van der Waals surface area contributed by atoms with Gasteiger partial charge >= 0.3 is 0 Å². The number of rotatable bonds is 0. The fourth-order valence-corrected chi connectivity index (χ4v) is 1.37. The maximum Gasteiger partial charge on any atom is 0.162 e. The fourth-order valence-electron chi connectivity index (χ4n) is 1.37. The van der Waals surface area contributed by atoms with Gasteiger partial charge in [0.05, 0.1) is 12.3 Å². The Morgan fingerprint density at radius 2 is 2.00 bits per heavy atom. The maximum atomic E-state index is 12.8. The molecule has 1 aliphatic rings. The highest BCUT2D eigenvalue weighted by Crippen LogP contribution is 2.27. The topological polar surface area (TPSA) is 41.8 Å². The van der Waals surface area contributed by atoms with Crippen LogP contribution in [0.25, 0.3) is 0 Å². The summed E-state index contributed by atoms with van der Waals surface area (Å²) >= 11 is 0. The average Bonchev–Trinajstić information content (AvgIpc) is 2.19. The minimum Gasteiger partial charge on any atom is -0.492 e. The largest absolute Gasteiger partial charge is 0.492 e. The molecule has 1 aromatic rings. The zero-order valence-electron chi connectivity index (χ0n) is 7.13.